The molecule has 0 aliphatic carbocycles. The molecule has 0 bridgehead atoms. The Morgan fingerprint density at radius 2 is 1.86 bits per heavy atom. The molecule has 0 aliphatic rings. The van der Waals surface area contributed by atoms with Gasteiger partial charge in [-0.3, -0.25) is 0 Å². The fourth-order valence-electron chi connectivity index (χ4n) is 1.38. The number of halogens is 4. The monoisotopic (exact) mass is 337 g/mol. The minimum absolute atomic E-state index is 0.0762. The van der Waals surface area contributed by atoms with E-state index in [0.29, 0.717) is 6.07 Å². The highest BCUT2D eigenvalue weighted by Gasteiger charge is 2.31. The number of ether oxygens (including phenoxy) is 2. The minimum atomic E-state index is -4.58. The Morgan fingerprint density at radius 1 is 1.23 bits per heavy atom. The summed E-state index contributed by atoms with van der Waals surface area (Å²) in [5, 5.41) is 2.25. The first-order valence-electron chi connectivity index (χ1n) is 5.70. The van der Waals surface area contributed by atoms with Gasteiger partial charge in [-0.15, -0.1) is 0 Å². The van der Waals surface area contributed by atoms with Crippen LogP contribution in [0.1, 0.15) is 5.56 Å². The first-order chi connectivity index (χ1) is 10.2. The van der Waals surface area contributed by atoms with Gasteiger partial charge in [-0.2, -0.15) is 13.2 Å². The van der Waals surface area contributed by atoms with E-state index in [9.17, 15) is 22.8 Å². The maximum Gasteiger partial charge on any atom is 0.416 e. The molecule has 0 amide bonds. The second-order valence-electron chi connectivity index (χ2n) is 3.89. The minimum Gasteiger partial charge on any atom is -0.466 e. The lowest BCUT2D eigenvalue weighted by molar-refractivity contribution is -0.138. The summed E-state index contributed by atoms with van der Waals surface area (Å²) >= 11 is 5.78. The van der Waals surface area contributed by atoms with Crippen LogP contribution in [0.2, 0.25) is 5.02 Å². The molecule has 0 saturated carbocycles. The van der Waals surface area contributed by atoms with Gasteiger partial charge in [0.25, 0.3) is 0 Å². The van der Waals surface area contributed by atoms with E-state index in [0.717, 1.165) is 32.4 Å². The molecule has 120 valence electrons. The standard InChI is InChI=1S/C13H11ClF3NO4/c1-21-11(19)6-10(12(20)22-2)18-9-5-7(13(15,16)17)3-4-8(9)14/h3-6,18H,1-2H3/b10-6-. The zero-order valence-electron chi connectivity index (χ0n) is 11.5. The number of carbonyl (C=O) groups excluding carboxylic acids is 2. The van der Waals surface area contributed by atoms with Crippen LogP contribution in [0.3, 0.4) is 0 Å². The van der Waals surface area contributed by atoms with E-state index in [2.05, 4.69) is 14.8 Å². The molecule has 1 aromatic rings. The molecule has 0 aliphatic heterocycles. The maximum absolute atomic E-state index is 12.7. The molecule has 0 fully saturated rings. The summed E-state index contributed by atoms with van der Waals surface area (Å²) < 4.78 is 46.8. The van der Waals surface area contributed by atoms with Crippen molar-refractivity contribution in [3.05, 3.63) is 40.6 Å². The van der Waals surface area contributed by atoms with Crippen LogP contribution < -0.4 is 5.32 Å². The van der Waals surface area contributed by atoms with Crippen LogP contribution >= 0.6 is 11.6 Å². The molecule has 0 radical (unpaired) electrons. The zero-order chi connectivity index (χ0) is 16.9. The molecule has 5 nitrogen and oxygen atoms in total. The van der Waals surface area contributed by atoms with Crippen LogP contribution in [0, 0.1) is 0 Å². The van der Waals surface area contributed by atoms with Crippen LogP contribution in [0.25, 0.3) is 0 Å². The summed E-state index contributed by atoms with van der Waals surface area (Å²) in [6, 6.07) is 2.51. The SMILES string of the molecule is COC(=O)/C=C(\Nc1cc(C(F)(F)F)ccc1Cl)C(=O)OC. The Balaban J connectivity index is 3.21. The van der Waals surface area contributed by atoms with E-state index in [-0.39, 0.29) is 10.7 Å². The van der Waals surface area contributed by atoms with Crippen LogP contribution in [-0.2, 0) is 25.2 Å². The van der Waals surface area contributed by atoms with Gasteiger partial charge in [0.1, 0.15) is 5.70 Å². The van der Waals surface area contributed by atoms with Crippen molar-refractivity contribution in [1.82, 2.24) is 0 Å². The van der Waals surface area contributed by atoms with Crippen LogP contribution in [0.5, 0.6) is 0 Å². The van der Waals surface area contributed by atoms with E-state index < -0.39 is 29.4 Å². The van der Waals surface area contributed by atoms with E-state index in [1.54, 1.807) is 0 Å². The number of hydrogen-bond acceptors (Lipinski definition) is 5. The van der Waals surface area contributed by atoms with Gasteiger partial charge in [0, 0.05) is 0 Å². The van der Waals surface area contributed by atoms with Gasteiger partial charge in [0.2, 0.25) is 0 Å². The summed E-state index contributed by atoms with van der Waals surface area (Å²) in [7, 11) is 2.12. The van der Waals surface area contributed by atoms with Gasteiger partial charge in [0.15, 0.2) is 0 Å². The molecular formula is C13H11ClF3NO4. The topological polar surface area (TPSA) is 64.6 Å². The van der Waals surface area contributed by atoms with Crippen molar-refractivity contribution in [2.24, 2.45) is 0 Å². The number of anilines is 1. The van der Waals surface area contributed by atoms with E-state index in [1.165, 1.54) is 0 Å². The molecule has 0 unspecified atom stereocenters. The Bertz CT molecular complexity index is 614. The highest BCUT2D eigenvalue weighted by Crippen LogP contribution is 2.34. The molecule has 22 heavy (non-hydrogen) atoms. The van der Waals surface area contributed by atoms with Crippen molar-refractivity contribution in [3.63, 3.8) is 0 Å². The van der Waals surface area contributed by atoms with Crippen LogP contribution in [-0.4, -0.2) is 26.2 Å². The van der Waals surface area contributed by atoms with Crippen LogP contribution in [0.4, 0.5) is 18.9 Å². The first kappa shape index (κ1) is 17.8. The van der Waals surface area contributed by atoms with Crippen molar-refractivity contribution >= 4 is 29.2 Å². The number of nitrogens with one attached hydrogen (secondary N) is 1. The van der Waals surface area contributed by atoms with Crippen molar-refractivity contribution in [3.8, 4) is 0 Å². The van der Waals surface area contributed by atoms with Gasteiger partial charge in [-0.05, 0) is 18.2 Å². The van der Waals surface area contributed by atoms with Crippen molar-refractivity contribution in [1.29, 1.82) is 0 Å². The Morgan fingerprint density at radius 3 is 2.36 bits per heavy atom. The largest absolute Gasteiger partial charge is 0.466 e. The molecule has 0 spiro atoms. The first-order valence-corrected chi connectivity index (χ1v) is 6.08. The highest BCUT2D eigenvalue weighted by atomic mass is 35.5. The fraction of sp³-hybridized carbons (Fsp3) is 0.231. The average Bonchev–Trinajstić information content (AvgIpc) is 2.46. The smallest absolute Gasteiger partial charge is 0.416 e. The van der Waals surface area contributed by atoms with Gasteiger partial charge in [0.05, 0.1) is 36.6 Å². The molecule has 1 N–H and O–H groups in total. The molecule has 0 atom stereocenters. The molecule has 1 aromatic carbocycles. The number of benzene rings is 1. The second kappa shape index (κ2) is 7.17. The average molecular weight is 338 g/mol. The third-order valence-electron chi connectivity index (χ3n) is 2.43. The van der Waals surface area contributed by atoms with E-state index >= 15 is 0 Å². The summed E-state index contributed by atoms with van der Waals surface area (Å²) in [6.45, 7) is 0. The van der Waals surface area contributed by atoms with Gasteiger partial charge >= 0.3 is 18.1 Å². The predicted molar refractivity (Wildman–Crippen MR) is 72.2 cm³/mol. The van der Waals surface area contributed by atoms with Crippen molar-refractivity contribution in [2.45, 2.75) is 6.18 Å². The lowest BCUT2D eigenvalue weighted by Gasteiger charge is -2.13. The van der Waals surface area contributed by atoms with E-state index in [4.69, 9.17) is 11.6 Å². The maximum atomic E-state index is 12.7. The summed E-state index contributed by atoms with van der Waals surface area (Å²) in [4.78, 5) is 22.7. The third-order valence-corrected chi connectivity index (χ3v) is 2.76. The van der Waals surface area contributed by atoms with Crippen molar-refractivity contribution in [2.75, 3.05) is 19.5 Å². The molecule has 0 saturated heterocycles. The quantitative estimate of drug-likeness (QED) is 0.676. The fourth-order valence-corrected chi connectivity index (χ4v) is 1.54. The van der Waals surface area contributed by atoms with Gasteiger partial charge in [-0.1, -0.05) is 11.6 Å². The normalized spacial score (nSPS) is 11.8. The molecule has 9 heteroatoms. The predicted octanol–water partition coefficient (Wildman–Crippen LogP) is 3.00. The van der Waals surface area contributed by atoms with E-state index in [1.807, 2.05) is 0 Å². The number of alkyl halides is 3. The summed E-state index contributed by atoms with van der Waals surface area (Å²) in [6.07, 6.45) is -3.85. The number of carbonyl (C=O) groups is 2. The lowest BCUT2D eigenvalue weighted by Crippen LogP contribution is -2.16. The lowest BCUT2D eigenvalue weighted by atomic mass is 10.2. The zero-order valence-corrected chi connectivity index (χ0v) is 12.2. The molecule has 0 heterocycles. The number of hydrogen-bond donors (Lipinski definition) is 1. The molecule has 0 aromatic heterocycles. The Labute approximate surface area is 128 Å². The summed E-state index contributed by atoms with van der Waals surface area (Å²) in [5.74, 6) is -1.87. The van der Waals surface area contributed by atoms with Gasteiger partial charge < -0.3 is 14.8 Å². The molecular weight excluding hydrogens is 327 g/mol. The highest BCUT2D eigenvalue weighted by molar-refractivity contribution is 6.33. The number of methoxy groups -OCH3 is 2. The van der Waals surface area contributed by atoms with Crippen molar-refractivity contribution < 1.29 is 32.2 Å². The van der Waals surface area contributed by atoms with Gasteiger partial charge in [-0.25, -0.2) is 9.59 Å². The summed E-state index contributed by atoms with van der Waals surface area (Å²) in [5.41, 5.74) is -1.60. The molecule has 1 rings (SSSR count). The number of rotatable bonds is 4. The number of esters is 2. The van der Waals surface area contributed by atoms with Crippen LogP contribution in [0.15, 0.2) is 30.0 Å². The second-order valence-corrected chi connectivity index (χ2v) is 4.30. The Kier molecular flexibility index (Phi) is 5.81. The Hall–Kier alpha value is -2.22. The third kappa shape index (κ3) is 4.66.